The fourth-order valence-electron chi connectivity index (χ4n) is 1.32. The van der Waals surface area contributed by atoms with Crippen molar-refractivity contribution in [1.82, 2.24) is 9.97 Å². The first-order valence-corrected chi connectivity index (χ1v) is 5.95. The Hall–Kier alpha value is -1.44. The summed E-state index contributed by atoms with van der Waals surface area (Å²) in [6, 6.07) is 4.05. The van der Waals surface area contributed by atoms with E-state index in [1.807, 2.05) is 60.0 Å². The van der Waals surface area contributed by atoms with Crippen molar-refractivity contribution in [3.05, 3.63) is 35.9 Å². The Balaban J connectivity index is 0.000000509. The molecule has 0 aliphatic rings. The molecule has 2 aromatic heterocycles. The van der Waals surface area contributed by atoms with Crippen LogP contribution in [0.25, 0.3) is 10.8 Å². The van der Waals surface area contributed by atoms with E-state index in [9.17, 15) is 0 Å². The van der Waals surface area contributed by atoms with Gasteiger partial charge in [0.2, 0.25) is 0 Å². The van der Waals surface area contributed by atoms with Crippen molar-refractivity contribution in [3.8, 4) is 0 Å². The second-order valence-electron chi connectivity index (χ2n) is 2.94. The van der Waals surface area contributed by atoms with Crippen LogP contribution in [0.15, 0.2) is 24.5 Å². The Kier molecular flexibility index (Phi) is 7.10. The van der Waals surface area contributed by atoms with Crippen LogP contribution in [0.4, 0.5) is 0 Å². The molecule has 0 bridgehead atoms. The molecule has 0 aliphatic heterocycles. The SMILES string of the molecule is CC.CC.Cc1cc2c(C)nccc2cn1. The third-order valence-corrected chi connectivity index (χ3v) is 1.98. The molecule has 0 amide bonds. The van der Waals surface area contributed by atoms with E-state index in [0.717, 1.165) is 16.8 Å². The molecule has 88 valence electrons. The van der Waals surface area contributed by atoms with Crippen LogP contribution in [0, 0.1) is 13.8 Å². The largest absolute Gasteiger partial charge is 0.261 e. The smallest absolute Gasteiger partial charge is 0.0452 e. The van der Waals surface area contributed by atoms with Gasteiger partial charge in [0.25, 0.3) is 0 Å². The first kappa shape index (κ1) is 14.6. The molecule has 0 saturated heterocycles. The standard InChI is InChI=1S/C10H10N2.2C2H6/c1-7-5-10-8(2)11-4-3-9(10)6-12-7;2*1-2/h3-6H,1-2H3;2*1-2H3. The molecule has 0 saturated carbocycles. The third-order valence-electron chi connectivity index (χ3n) is 1.98. The fraction of sp³-hybridized carbons (Fsp3) is 0.429. The maximum absolute atomic E-state index is 4.22. The Morgan fingerprint density at radius 3 is 2.19 bits per heavy atom. The van der Waals surface area contributed by atoms with Gasteiger partial charge in [-0.2, -0.15) is 0 Å². The lowest BCUT2D eigenvalue weighted by Gasteiger charge is -2.00. The van der Waals surface area contributed by atoms with Crippen molar-refractivity contribution < 1.29 is 0 Å². The van der Waals surface area contributed by atoms with Gasteiger partial charge < -0.3 is 0 Å². The predicted octanol–water partition coefficient (Wildman–Crippen LogP) is 4.30. The molecule has 0 aromatic carbocycles. The minimum absolute atomic E-state index is 1.04. The third kappa shape index (κ3) is 3.61. The molecule has 2 rings (SSSR count). The minimum Gasteiger partial charge on any atom is -0.261 e. The van der Waals surface area contributed by atoms with Gasteiger partial charge in [-0.15, -0.1) is 0 Å². The minimum atomic E-state index is 1.04. The summed E-state index contributed by atoms with van der Waals surface area (Å²) in [6.45, 7) is 12.0. The molecule has 2 aromatic rings. The van der Waals surface area contributed by atoms with Crippen molar-refractivity contribution in [2.24, 2.45) is 0 Å². The highest BCUT2D eigenvalue weighted by Gasteiger charge is 1.97. The average molecular weight is 218 g/mol. The number of hydrogen-bond donors (Lipinski definition) is 0. The molecule has 2 heteroatoms. The Morgan fingerprint density at radius 1 is 0.938 bits per heavy atom. The fourth-order valence-corrected chi connectivity index (χ4v) is 1.32. The van der Waals surface area contributed by atoms with Crippen molar-refractivity contribution in [2.45, 2.75) is 41.5 Å². The van der Waals surface area contributed by atoms with Crippen LogP contribution in [-0.2, 0) is 0 Å². The summed E-state index contributed by atoms with van der Waals surface area (Å²) in [6.07, 6.45) is 3.70. The van der Waals surface area contributed by atoms with Gasteiger partial charge in [0, 0.05) is 34.6 Å². The normalized spacial score (nSPS) is 8.62. The van der Waals surface area contributed by atoms with E-state index in [4.69, 9.17) is 0 Å². The van der Waals surface area contributed by atoms with E-state index in [0.29, 0.717) is 0 Å². The number of nitrogens with zero attached hydrogens (tertiary/aromatic N) is 2. The van der Waals surface area contributed by atoms with Crippen LogP contribution in [0.5, 0.6) is 0 Å². The van der Waals surface area contributed by atoms with Crippen LogP contribution in [-0.4, -0.2) is 9.97 Å². The zero-order chi connectivity index (χ0) is 12.6. The van der Waals surface area contributed by atoms with E-state index in [-0.39, 0.29) is 0 Å². The van der Waals surface area contributed by atoms with Crippen LogP contribution in [0.1, 0.15) is 39.1 Å². The lowest BCUT2D eigenvalue weighted by atomic mass is 10.1. The molecule has 2 nitrogen and oxygen atoms in total. The van der Waals surface area contributed by atoms with E-state index >= 15 is 0 Å². The Labute approximate surface area is 98.8 Å². The van der Waals surface area contributed by atoms with Gasteiger partial charge in [-0.05, 0) is 26.0 Å². The van der Waals surface area contributed by atoms with E-state index < -0.39 is 0 Å². The molecule has 0 aliphatic carbocycles. The summed E-state index contributed by atoms with van der Waals surface area (Å²) in [5.41, 5.74) is 2.11. The maximum Gasteiger partial charge on any atom is 0.0452 e. The van der Waals surface area contributed by atoms with Crippen molar-refractivity contribution in [2.75, 3.05) is 0 Å². The zero-order valence-electron chi connectivity index (χ0n) is 11.2. The molecular formula is C14H22N2. The molecule has 2 heterocycles. The molecule has 0 atom stereocenters. The van der Waals surface area contributed by atoms with Gasteiger partial charge in [-0.1, -0.05) is 27.7 Å². The van der Waals surface area contributed by atoms with Gasteiger partial charge in [0.15, 0.2) is 0 Å². The summed E-state index contributed by atoms with van der Waals surface area (Å²) in [5.74, 6) is 0. The van der Waals surface area contributed by atoms with E-state index in [1.54, 1.807) is 0 Å². The highest BCUT2D eigenvalue weighted by Crippen LogP contribution is 2.15. The number of pyridine rings is 2. The molecule has 0 N–H and O–H groups in total. The summed E-state index contributed by atoms with van der Waals surface area (Å²) in [4.78, 5) is 8.44. The molecular weight excluding hydrogens is 196 g/mol. The van der Waals surface area contributed by atoms with E-state index in [2.05, 4.69) is 16.0 Å². The molecule has 0 radical (unpaired) electrons. The Morgan fingerprint density at radius 2 is 1.56 bits per heavy atom. The quantitative estimate of drug-likeness (QED) is 0.659. The predicted molar refractivity (Wildman–Crippen MR) is 71.7 cm³/mol. The van der Waals surface area contributed by atoms with Crippen LogP contribution in [0.2, 0.25) is 0 Å². The van der Waals surface area contributed by atoms with Crippen molar-refractivity contribution >= 4 is 10.8 Å². The van der Waals surface area contributed by atoms with Crippen molar-refractivity contribution in [3.63, 3.8) is 0 Å². The average Bonchev–Trinajstić information content (AvgIpc) is 2.35. The molecule has 0 spiro atoms. The number of fused-ring (bicyclic) bond motifs is 1. The first-order valence-electron chi connectivity index (χ1n) is 5.95. The summed E-state index contributed by atoms with van der Waals surface area (Å²) in [7, 11) is 0. The number of aryl methyl sites for hydroxylation is 2. The Bertz CT molecular complexity index is 422. The number of hydrogen-bond acceptors (Lipinski definition) is 2. The zero-order valence-corrected chi connectivity index (χ0v) is 11.2. The summed E-state index contributed by atoms with van der Waals surface area (Å²) in [5, 5.41) is 2.36. The van der Waals surface area contributed by atoms with Gasteiger partial charge in [-0.3, -0.25) is 9.97 Å². The summed E-state index contributed by atoms with van der Waals surface area (Å²) >= 11 is 0. The summed E-state index contributed by atoms with van der Waals surface area (Å²) < 4.78 is 0. The van der Waals surface area contributed by atoms with Gasteiger partial charge in [0.05, 0.1) is 0 Å². The first-order chi connectivity index (χ1) is 7.77. The number of aromatic nitrogens is 2. The van der Waals surface area contributed by atoms with Crippen LogP contribution < -0.4 is 0 Å². The second kappa shape index (κ2) is 7.80. The molecule has 0 fully saturated rings. The molecule has 16 heavy (non-hydrogen) atoms. The molecule has 0 unspecified atom stereocenters. The van der Waals surface area contributed by atoms with E-state index in [1.165, 1.54) is 5.39 Å². The van der Waals surface area contributed by atoms with Crippen molar-refractivity contribution in [1.29, 1.82) is 0 Å². The van der Waals surface area contributed by atoms with Gasteiger partial charge in [0.1, 0.15) is 0 Å². The monoisotopic (exact) mass is 218 g/mol. The van der Waals surface area contributed by atoms with Crippen LogP contribution in [0.3, 0.4) is 0 Å². The maximum atomic E-state index is 4.22. The second-order valence-corrected chi connectivity index (χ2v) is 2.94. The topological polar surface area (TPSA) is 25.8 Å². The van der Waals surface area contributed by atoms with Crippen LogP contribution >= 0.6 is 0 Å². The van der Waals surface area contributed by atoms with Gasteiger partial charge in [-0.25, -0.2) is 0 Å². The highest BCUT2D eigenvalue weighted by molar-refractivity contribution is 5.83. The lowest BCUT2D eigenvalue weighted by Crippen LogP contribution is -1.86. The number of rotatable bonds is 0. The highest BCUT2D eigenvalue weighted by atomic mass is 14.7. The lowest BCUT2D eigenvalue weighted by molar-refractivity contribution is 1.19. The van der Waals surface area contributed by atoms with Gasteiger partial charge >= 0.3 is 0 Å².